The van der Waals surface area contributed by atoms with Crippen molar-refractivity contribution in [3.8, 4) is 0 Å². The van der Waals surface area contributed by atoms with E-state index in [9.17, 15) is 9.59 Å². The molecule has 0 radical (unpaired) electrons. The number of carbonyl (C=O) groups is 2. The molecule has 6 nitrogen and oxygen atoms in total. The van der Waals surface area contributed by atoms with Crippen molar-refractivity contribution >= 4 is 17.5 Å². The summed E-state index contributed by atoms with van der Waals surface area (Å²) in [4.78, 5) is 27.8. The number of nitrogens with zero attached hydrogens (tertiary/aromatic N) is 2. The quantitative estimate of drug-likeness (QED) is 0.904. The van der Waals surface area contributed by atoms with Crippen LogP contribution < -0.4 is 5.32 Å². The number of hydrogen-bond donors (Lipinski definition) is 1. The second-order valence-electron chi connectivity index (χ2n) is 5.72. The molecule has 0 saturated carbocycles. The molecule has 0 bridgehead atoms. The van der Waals surface area contributed by atoms with Crippen LogP contribution >= 0.6 is 0 Å². The Hall–Kier alpha value is -2.76. The Morgan fingerprint density at radius 3 is 2.83 bits per heavy atom. The Morgan fingerprint density at radius 1 is 1.35 bits per heavy atom. The number of aromatic nitrogens is 1. The standard InChI is InChI=1S/C17H17N3O3/c1-9-6-16(21)19-15-7-12(4-5-13(9)15)18-17(22)8-14-10(2)20-23-11(14)3/h4-7,13H,8H2,1-3H3,(H,19,21). The van der Waals surface area contributed by atoms with Crippen molar-refractivity contribution in [1.29, 1.82) is 0 Å². The first-order valence-corrected chi connectivity index (χ1v) is 7.36. The first-order chi connectivity index (χ1) is 10.9. The van der Waals surface area contributed by atoms with Crippen LogP contribution in [0.5, 0.6) is 0 Å². The van der Waals surface area contributed by atoms with Gasteiger partial charge in [0, 0.05) is 23.3 Å². The van der Waals surface area contributed by atoms with E-state index in [1.54, 1.807) is 32.1 Å². The predicted octanol–water partition coefficient (Wildman–Crippen LogP) is 1.95. The Morgan fingerprint density at radius 2 is 2.13 bits per heavy atom. The minimum absolute atomic E-state index is 0.0457. The lowest BCUT2D eigenvalue weighted by atomic mass is 9.89. The molecule has 23 heavy (non-hydrogen) atoms. The highest BCUT2D eigenvalue weighted by Crippen LogP contribution is 2.26. The summed E-state index contributed by atoms with van der Waals surface area (Å²) < 4.78 is 5.05. The molecule has 2 heterocycles. The molecule has 0 saturated heterocycles. The number of hydrogen-bond acceptors (Lipinski definition) is 4. The molecule has 1 aliphatic heterocycles. The second-order valence-corrected chi connectivity index (χ2v) is 5.72. The molecule has 3 rings (SSSR count). The largest absolute Gasteiger partial charge is 0.361 e. The average Bonchev–Trinajstić information content (AvgIpc) is 2.78. The van der Waals surface area contributed by atoms with E-state index in [4.69, 9.17) is 4.52 Å². The van der Waals surface area contributed by atoms with Gasteiger partial charge in [-0.25, -0.2) is 4.99 Å². The van der Waals surface area contributed by atoms with Crippen molar-refractivity contribution in [1.82, 2.24) is 10.5 Å². The molecule has 0 fully saturated rings. The van der Waals surface area contributed by atoms with Gasteiger partial charge in [0.25, 0.3) is 5.91 Å². The van der Waals surface area contributed by atoms with Gasteiger partial charge in [-0.1, -0.05) is 16.8 Å². The van der Waals surface area contributed by atoms with Crippen molar-refractivity contribution in [2.75, 3.05) is 0 Å². The lowest BCUT2D eigenvalue weighted by Gasteiger charge is -2.25. The molecule has 1 atom stereocenters. The number of aliphatic imine (C=N–C) groups is 1. The van der Waals surface area contributed by atoms with Crippen molar-refractivity contribution < 1.29 is 14.1 Å². The summed E-state index contributed by atoms with van der Waals surface area (Å²) in [5, 5.41) is 6.62. The summed E-state index contributed by atoms with van der Waals surface area (Å²) in [6.45, 7) is 5.48. The van der Waals surface area contributed by atoms with E-state index in [0.29, 0.717) is 17.2 Å². The Labute approximate surface area is 133 Å². The van der Waals surface area contributed by atoms with Crippen molar-refractivity contribution in [2.24, 2.45) is 10.9 Å². The monoisotopic (exact) mass is 311 g/mol. The molecule has 1 aliphatic carbocycles. The Balaban J connectivity index is 1.79. The highest BCUT2D eigenvalue weighted by molar-refractivity contribution is 6.11. The summed E-state index contributed by atoms with van der Waals surface area (Å²) in [5.41, 5.74) is 3.73. The lowest BCUT2D eigenvalue weighted by molar-refractivity contribution is -0.117. The van der Waals surface area contributed by atoms with Gasteiger partial charge in [-0.05, 0) is 32.9 Å². The number of aryl methyl sites for hydroxylation is 2. The third kappa shape index (κ3) is 3.06. The molecule has 1 unspecified atom stereocenters. The van der Waals surface area contributed by atoms with Crippen LogP contribution in [-0.2, 0) is 16.0 Å². The minimum atomic E-state index is -0.274. The van der Waals surface area contributed by atoms with Crippen LogP contribution in [0.25, 0.3) is 0 Å². The number of carbonyl (C=O) groups excluding carboxylic acids is 2. The van der Waals surface area contributed by atoms with Gasteiger partial charge in [0.2, 0.25) is 5.91 Å². The van der Waals surface area contributed by atoms with Gasteiger partial charge in [-0.15, -0.1) is 0 Å². The molecule has 1 N–H and O–H groups in total. The summed E-state index contributed by atoms with van der Waals surface area (Å²) >= 11 is 0. The molecule has 1 aromatic heterocycles. The van der Waals surface area contributed by atoms with Gasteiger partial charge < -0.3 is 9.84 Å². The van der Waals surface area contributed by atoms with E-state index >= 15 is 0 Å². The van der Waals surface area contributed by atoms with Crippen LogP contribution in [0.15, 0.2) is 45.1 Å². The smallest absolute Gasteiger partial charge is 0.250 e. The normalized spacial score (nSPS) is 21.6. The zero-order valence-corrected chi connectivity index (χ0v) is 13.2. The van der Waals surface area contributed by atoms with Gasteiger partial charge in [-0.3, -0.25) is 9.59 Å². The number of fused-ring (bicyclic) bond motifs is 1. The zero-order valence-electron chi connectivity index (χ0n) is 13.2. The first-order valence-electron chi connectivity index (χ1n) is 7.36. The summed E-state index contributed by atoms with van der Waals surface area (Å²) in [6.07, 6.45) is 7.20. The maximum atomic E-state index is 12.2. The molecule has 0 spiro atoms. The van der Waals surface area contributed by atoms with E-state index in [2.05, 4.69) is 15.5 Å². The fourth-order valence-corrected chi connectivity index (χ4v) is 2.74. The Kier molecular flexibility index (Phi) is 3.82. The van der Waals surface area contributed by atoms with Gasteiger partial charge in [0.15, 0.2) is 0 Å². The van der Waals surface area contributed by atoms with Crippen LogP contribution in [0.3, 0.4) is 0 Å². The van der Waals surface area contributed by atoms with E-state index < -0.39 is 0 Å². The third-order valence-corrected chi connectivity index (χ3v) is 3.98. The molecular formula is C17H17N3O3. The molecule has 6 heteroatoms. The summed E-state index contributed by atoms with van der Waals surface area (Å²) in [5.74, 6) is 0.253. The van der Waals surface area contributed by atoms with Crippen LogP contribution in [0.4, 0.5) is 0 Å². The zero-order chi connectivity index (χ0) is 16.6. The molecule has 2 amide bonds. The highest BCUT2D eigenvalue weighted by atomic mass is 16.5. The molecule has 2 aliphatic rings. The van der Waals surface area contributed by atoms with Crippen LogP contribution in [0.1, 0.15) is 23.9 Å². The number of amides is 2. The second kappa shape index (κ2) is 5.79. The third-order valence-electron chi connectivity index (χ3n) is 3.98. The molecule has 0 aromatic carbocycles. The molecule has 118 valence electrons. The Bertz CT molecular complexity index is 790. The van der Waals surface area contributed by atoms with Crippen molar-refractivity contribution in [3.05, 3.63) is 52.6 Å². The first kappa shape index (κ1) is 15.1. The summed E-state index contributed by atoms with van der Waals surface area (Å²) in [7, 11) is 0. The molecule has 1 aromatic rings. The van der Waals surface area contributed by atoms with Crippen LogP contribution in [-0.4, -0.2) is 22.7 Å². The van der Waals surface area contributed by atoms with Crippen molar-refractivity contribution in [3.63, 3.8) is 0 Å². The van der Waals surface area contributed by atoms with Gasteiger partial charge >= 0.3 is 0 Å². The topological polar surface area (TPSA) is 84.6 Å². The van der Waals surface area contributed by atoms with Gasteiger partial charge in [-0.2, -0.15) is 0 Å². The fraction of sp³-hybridized carbons (Fsp3) is 0.294. The number of allylic oxidation sites excluding steroid dienone is 3. The minimum Gasteiger partial charge on any atom is -0.361 e. The SMILES string of the molecule is CC1=CC(=O)NC2=CC(=NC(=O)Cc3c(C)noc3C)C=CC12. The van der Waals surface area contributed by atoms with Gasteiger partial charge in [0.05, 0.1) is 17.8 Å². The molecular weight excluding hydrogens is 294 g/mol. The number of rotatable bonds is 2. The number of nitrogens with one attached hydrogen (secondary N) is 1. The van der Waals surface area contributed by atoms with Crippen LogP contribution in [0, 0.1) is 19.8 Å². The van der Waals surface area contributed by atoms with E-state index in [1.807, 2.05) is 13.0 Å². The van der Waals surface area contributed by atoms with Crippen molar-refractivity contribution in [2.45, 2.75) is 27.2 Å². The lowest BCUT2D eigenvalue weighted by Crippen LogP contribution is -2.32. The maximum Gasteiger partial charge on any atom is 0.250 e. The maximum absolute atomic E-state index is 12.2. The van der Waals surface area contributed by atoms with E-state index in [0.717, 1.165) is 16.8 Å². The van der Waals surface area contributed by atoms with E-state index in [1.165, 1.54) is 0 Å². The predicted molar refractivity (Wildman–Crippen MR) is 84.7 cm³/mol. The highest BCUT2D eigenvalue weighted by Gasteiger charge is 2.24. The fourth-order valence-electron chi connectivity index (χ4n) is 2.74. The average molecular weight is 311 g/mol. The van der Waals surface area contributed by atoms with Crippen LogP contribution in [0.2, 0.25) is 0 Å². The van der Waals surface area contributed by atoms with Gasteiger partial charge in [0.1, 0.15) is 5.76 Å². The van der Waals surface area contributed by atoms with E-state index in [-0.39, 0.29) is 24.2 Å². The summed E-state index contributed by atoms with van der Waals surface area (Å²) in [6, 6.07) is 0.